The average Bonchev–Trinajstić information content (AvgIpc) is 3.48. The van der Waals surface area contributed by atoms with E-state index in [2.05, 4.69) is 51.2 Å². The van der Waals surface area contributed by atoms with Gasteiger partial charge in [0.25, 0.3) is 0 Å². The smallest absolute Gasteiger partial charge is 0.411 e. The third-order valence-electron chi connectivity index (χ3n) is 6.94. The Hall–Kier alpha value is -4.79. The zero-order valence-electron chi connectivity index (χ0n) is 23.2. The Labute approximate surface area is 258 Å². The summed E-state index contributed by atoms with van der Waals surface area (Å²) in [6, 6.07) is 25.6. The Morgan fingerprint density at radius 3 is 2.23 bits per heavy atom. The summed E-state index contributed by atoms with van der Waals surface area (Å²) in [5.74, 6) is 0.577. The van der Waals surface area contributed by atoms with Gasteiger partial charge in [-0.1, -0.05) is 66.5 Å². The van der Waals surface area contributed by atoms with E-state index >= 15 is 0 Å². The predicted octanol–water partition coefficient (Wildman–Crippen LogP) is 9.26. The molecule has 1 aromatic heterocycles. The molecular formula is C33H27Cl2N3O5. The number of carbonyl (C=O) groups excluding carboxylic acids is 1. The molecule has 0 fully saturated rings. The lowest BCUT2D eigenvalue weighted by Crippen LogP contribution is -2.14. The fraction of sp³-hybridized carbons (Fsp3) is 0.121. The van der Waals surface area contributed by atoms with Gasteiger partial charge < -0.3 is 19.6 Å². The van der Waals surface area contributed by atoms with Crippen molar-refractivity contribution in [1.29, 1.82) is 0 Å². The molecule has 1 amide bonds. The number of nitrogens with one attached hydrogen (secondary N) is 2. The highest BCUT2D eigenvalue weighted by atomic mass is 35.5. The molecule has 4 aromatic carbocycles. The first-order chi connectivity index (χ1) is 20.7. The zero-order chi connectivity index (χ0) is 30.5. The molecule has 1 unspecified atom stereocenters. The van der Waals surface area contributed by atoms with Gasteiger partial charge in [-0.3, -0.25) is 5.32 Å². The molecule has 1 heterocycles. The number of aromatic amines is 1. The number of halogens is 2. The number of carboxylic acid groups (broad SMARTS) is 1. The minimum atomic E-state index is -1.21. The molecule has 0 saturated carbocycles. The molecule has 8 nitrogen and oxygen atoms in total. The quantitative estimate of drug-likeness (QED) is 0.152. The molecule has 0 aliphatic carbocycles. The van der Waals surface area contributed by atoms with Crippen LogP contribution in [0.25, 0.3) is 22.4 Å². The van der Waals surface area contributed by atoms with Crippen molar-refractivity contribution in [2.45, 2.75) is 19.3 Å². The Bertz CT molecular complexity index is 1770. The summed E-state index contributed by atoms with van der Waals surface area (Å²) >= 11 is 12.4. The number of imidazole rings is 1. The van der Waals surface area contributed by atoms with Crippen LogP contribution in [-0.2, 0) is 4.74 Å². The number of benzene rings is 4. The van der Waals surface area contributed by atoms with Gasteiger partial charge in [0, 0.05) is 16.5 Å². The highest BCUT2D eigenvalue weighted by Crippen LogP contribution is 2.34. The number of aromatic carboxylic acids is 1. The van der Waals surface area contributed by atoms with Gasteiger partial charge in [-0.15, -0.1) is 0 Å². The van der Waals surface area contributed by atoms with Gasteiger partial charge in [-0.25, -0.2) is 14.6 Å². The van der Waals surface area contributed by atoms with E-state index in [1.165, 1.54) is 19.2 Å². The van der Waals surface area contributed by atoms with E-state index in [-0.39, 0.29) is 17.2 Å². The van der Waals surface area contributed by atoms with Gasteiger partial charge in [0.2, 0.25) is 0 Å². The molecule has 10 heteroatoms. The fourth-order valence-corrected chi connectivity index (χ4v) is 5.25. The van der Waals surface area contributed by atoms with E-state index in [9.17, 15) is 14.7 Å². The van der Waals surface area contributed by atoms with Crippen LogP contribution < -0.4 is 10.1 Å². The second-order valence-electron chi connectivity index (χ2n) is 9.64. The topological polar surface area (TPSA) is 114 Å². The number of H-pyrrole nitrogens is 1. The van der Waals surface area contributed by atoms with Crippen LogP contribution in [0.3, 0.4) is 0 Å². The number of hydrogen-bond donors (Lipinski definition) is 3. The van der Waals surface area contributed by atoms with Crippen molar-refractivity contribution < 1.29 is 24.2 Å². The number of rotatable bonds is 9. The molecule has 0 aliphatic rings. The summed E-state index contributed by atoms with van der Waals surface area (Å²) in [5.41, 5.74) is 4.82. The van der Waals surface area contributed by atoms with Gasteiger partial charge in [0.1, 0.15) is 17.3 Å². The van der Waals surface area contributed by atoms with E-state index in [1.54, 1.807) is 24.4 Å². The van der Waals surface area contributed by atoms with Gasteiger partial charge in [-0.05, 0) is 71.6 Å². The van der Waals surface area contributed by atoms with Crippen molar-refractivity contribution in [3.8, 4) is 33.9 Å². The van der Waals surface area contributed by atoms with Crippen molar-refractivity contribution in [1.82, 2.24) is 9.97 Å². The van der Waals surface area contributed by atoms with Crippen LogP contribution in [0.4, 0.5) is 10.5 Å². The van der Waals surface area contributed by atoms with Crippen molar-refractivity contribution >= 4 is 41.0 Å². The first kappa shape index (κ1) is 29.7. The normalized spacial score (nSPS) is 11.5. The fourth-order valence-electron chi connectivity index (χ4n) is 4.74. The Balaban J connectivity index is 1.29. The standard InChI is InChI=1S/C33H27Cl2N3O5/c1-3-25(31-36-18-30(37-31)26-14-10-22(34)16-28(26)35)21-6-4-19(5-7-21)20-8-11-23(12-9-20)43-24-13-15-29(38-33(41)42-2)27(17-24)32(39)40/h4-18,25H,3H2,1-2H3,(H,36,37)(H,38,41)(H,39,40). The number of methoxy groups -OCH3 is 1. The summed E-state index contributed by atoms with van der Waals surface area (Å²) in [7, 11) is 1.20. The van der Waals surface area contributed by atoms with E-state index in [0.29, 0.717) is 21.5 Å². The van der Waals surface area contributed by atoms with Crippen molar-refractivity contribution in [3.63, 3.8) is 0 Å². The Morgan fingerprint density at radius 2 is 1.60 bits per heavy atom. The molecule has 43 heavy (non-hydrogen) atoms. The lowest BCUT2D eigenvalue weighted by Gasteiger charge is -2.14. The molecule has 0 bridgehead atoms. The summed E-state index contributed by atoms with van der Waals surface area (Å²) in [4.78, 5) is 31.3. The summed E-state index contributed by atoms with van der Waals surface area (Å²) in [6.45, 7) is 2.12. The maximum absolute atomic E-state index is 11.7. The summed E-state index contributed by atoms with van der Waals surface area (Å²) in [5, 5.41) is 13.1. The minimum absolute atomic E-state index is 0.0783. The third-order valence-corrected chi connectivity index (χ3v) is 7.48. The van der Waals surface area contributed by atoms with Gasteiger partial charge in [0.15, 0.2) is 0 Å². The van der Waals surface area contributed by atoms with Crippen LogP contribution in [0.2, 0.25) is 10.0 Å². The van der Waals surface area contributed by atoms with Gasteiger partial charge >= 0.3 is 12.1 Å². The van der Waals surface area contributed by atoms with Gasteiger partial charge in [-0.2, -0.15) is 0 Å². The van der Waals surface area contributed by atoms with E-state index < -0.39 is 12.1 Å². The summed E-state index contributed by atoms with van der Waals surface area (Å²) in [6.07, 6.45) is 1.89. The maximum atomic E-state index is 11.7. The molecular weight excluding hydrogens is 589 g/mol. The van der Waals surface area contributed by atoms with Crippen molar-refractivity contribution in [2.24, 2.45) is 0 Å². The molecule has 5 aromatic rings. The van der Waals surface area contributed by atoms with Crippen molar-refractivity contribution in [2.75, 3.05) is 12.4 Å². The van der Waals surface area contributed by atoms with Crippen molar-refractivity contribution in [3.05, 3.63) is 118 Å². The SMILES string of the molecule is CCC(c1ccc(-c2ccc(Oc3ccc(NC(=O)OC)c(C(=O)O)c3)cc2)cc1)c1ncc(-c2ccc(Cl)cc2Cl)[nH]1. The maximum Gasteiger partial charge on any atom is 0.411 e. The number of hydrogen-bond acceptors (Lipinski definition) is 5. The largest absolute Gasteiger partial charge is 0.478 e. The molecule has 218 valence electrons. The average molecular weight is 617 g/mol. The number of amides is 1. The van der Waals surface area contributed by atoms with Crippen LogP contribution in [0.1, 0.15) is 41.0 Å². The lowest BCUT2D eigenvalue weighted by atomic mass is 9.93. The van der Waals surface area contributed by atoms with Crippen LogP contribution in [-0.4, -0.2) is 34.2 Å². The van der Waals surface area contributed by atoms with E-state index in [0.717, 1.165) is 40.2 Å². The zero-order valence-corrected chi connectivity index (χ0v) is 24.7. The molecule has 0 radical (unpaired) electrons. The number of nitrogens with zero attached hydrogens (tertiary/aromatic N) is 1. The first-order valence-corrected chi connectivity index (χ1v) is 14.1. The number of anilines is 1. The number of aromatic nitrogens is 2. The number of carboxylic acids is 1. The monoisotopic (exact) mass is 615 g/mol. The predicted molar refractivity (Wildman–Crippen MR) is 168 cm³/mol. The van der Waals surface area contributed by atoms with Gasteiger partial charge in [0.05, 0.1) is 35.3 Å². The minimum Gasteiger partial charge on any atom is -0.478 e. The third kappa shape index (κ3) is 6.83. The van der Waals surface area contributed by atoms with E-state index in [1.807, 2.05) is 30.3 Å². The molecule has 3 N–H and O–H groups in total. The molecule has 5 rings (SSSR count). The number of carbonyl (C=O) groups is 2. The molecule has 0 saturated heterocycles. The van der Waals surface area contributed by atoms with E-state index in [4.69, 9.17) is 27.9 Å². The molecule has 0 aliphatic heterocycles. The second-order valence-corrected chi connectivity index (χ2v) is 10.5. The second kappa shape index (κ2) is 13.0. The highest BCUT2D eigenvalue weighted by Gasteiger charge is 2.18. The molecule has 1 atom stereocenters. The molecule has 0 spiro atoms. The van der Waals surface area contributed by atoms with Crippen LogP contribution in [0, 0.1) is 0 Å². The van der Waals surface area contributed by atoms with Crippen LogP contribution >= 0.6 is 23.2 Å². The lowest BCUT2D eigenvalue weighted by molar-refractivity contribution is 0.0697. The summed E-state index contributed by atoms with van der Waals surface area (Å²) < 4.78 is 10.4. The van der Waals surface area contributed by atoms with Crippen LogP contribution in [0.5, 0.6) is 11.5 Å². The first-order valence-electron chi connectivity index (χ1n) is 13.4. The van der Waals surface area contributed by atoms with Crippen LogP contribution in [0.15, 0.2) is 91.1 Å². The Morgan fingerprint density at radius 1 is 0.930 bits per heavy atom. The highest BCUT2D eigenvalue weighted by molar-refractivity contribution is 6.36. The number of ether oxygens (including phenoxy) is 2. The Kier molecular flexibility index (Phi) is 8.99.